The van der Waals surface area contributed by atoms with Crippen molar-refractivity contribution in [3.63, 3.8) is 0 Å². The summed E-state index contributed by atoms with van der Waals surface area (Å²) in [7, 11) is 1.76. The fourth-order valence-corrected chi connectivity index (χ4v) is 3.61. The van der Waals surface area contributed by atoms with Gasteiger partial charge in [-0.15, -0.1) is 0 Å². The molecular weight excluding hydrogens is 385 g/mol. The normalized spacial score (nSPS) is 19.8. The number of nitrogens with two attached hydrogens (primary N) is 2. The van der Waals surface area contributed by atoms with Gasteiger partial charge in [0.1, 0.15) is 11.4 Å². The lowest BCUT2D eigenvalue weighted by molar-refractivity contribution is 0.166. The van der Waals surface area contributed by atoms with E-state index in [2.05, 4.69) is 14.8 Å². The van der Waals surface area contributed by atoms with Gasteiger partial charge in [-0.1, -0.05) is 0 Å². The summed E-state index contributed by atoms with van der Waals surface area (Å²) in [6.07, 6.45) is 4.92. The molecule has 0 aromatic heterocycles. The van der Waals surface area contributed by atoms with Gasteiger partial charge in [-0.05, 0) is 43.9 Å². The van der Waals surface area contributed by atoms with Crippen molar-refractivity contribution >= 4 is 11.5 Å². The Bertz CT molecular complexity index is 799. The highest BCUT2D eigenvalue weighted by atomic mass is 19.1. The number of aliphatic hydroxyl groups excluding tert-OH is 1. The Balaban J connectivity index is 1.64. The van der Waals surface area contributed by atoms with Crippen LogP contribution in [0.4, 0.5) is 10.1 Å². The van der Waals surface area contributed by atoms with E-state index in [-0.39, 0.29) is 18.0 Å². The number of hydrogen-bond donors (Lipinski definition) is 3. The summed E-state index contributed by atoms with van der Waals surface area (Å²) in [5, 5.41) is 8.99. The molecule has 0 bridgehead atoms. The van der Waals surface area contributed by atoms with Crippen molar-refractivity contribution in [2.24, 2.45) is 10.7 Å². The number of benzene rings is 1. The third-order valence-electron chi connectivity index (χ3n) is 5.77. The molecule has 7 nitrogen and oxygen atoms in total. The van der Waals surface area contributed by atoms with Crippen molar-refractivity contribution in [1.29, 1.82) is 0 Å². The van der Waals surface area contributed by atoms with Crippen LogP contribution in [0.25, 0.3) is 0 Å². The minimum atomic E-state index is -0.443. The van der Waals surface area contributed by atoms with E-state index in [1.165, 1.54) is 6.07 Å². The van der Waals surface area contributed by atoms with Gasteiger partial charge in [0, 0.05) is 70.2 Å². The van der Waals surface area contributed by atoms with Crippen molar-refractivity contribution in [3.8, 4) is 5.75 Å². The number of hydrogen-bond acceptors (Lipinski definition) is 6. The largest absolute Gasteiger partial charge is 0.484 e. The molecule has 1 saturated heterocycles. The lowest BCUT2D eigenvalue weighted by Crippen LogP contribution is -2.48. The quantitative estimate of drug-likeness (QED) is 0.337. The SMILES string of the molecule is CN=C(C=C(N)Cc1cc(OC2(C)CC2)c(F)cc1N)N1CCN(CCCO)CC1. The molecule has 30 heavy (non-hydrogen) atoms. The first-order chi connectivity index (χ1) is 14.3. The van der Waals surface area contributed by atoms with Gasteiger partial charge >= 0.3 is 0 Å². The smallest absolute Gasteiger partial charge is 0.167 e. The van der Waals surface area contributed by atoms with Crippen LogP contribution in [0.2, 0.25) is 0 Å². The zero-order valence-corrected chi connectivity index (χ0v) is 18.0. The number of ether oxygens (including phenoxy) is 1. The third kappa shape index (κ3) is 5.86. The third-order valence-corrected chi connectivity index (χ3v) is 5.77. The number of nitrogens with zero attached hydrogens (tertiary/aromatic N) is 3. The summed E-state index contributed by atoms with van der Waals surface area (Å²) in [4.78, 5) is 8.95. The molecule has 8 heteroatoms. The molecule has 1 aliphatic heterocycles. The van der Waals surface area contributed by atoms with E-state index < -0.39 is 5.82 Å². The molecule has 0 spiro atoms. The number of aliphatic imine (C=N–C) groups is 1. The van der Waals surface area contributed by atoms with Crippen LogP contribution < -0.4 is 16.2 Å². The Morgan fingerprint density at radius 3 is 2.60 bits per heavy atom. The number of aliphatic hydroxyl groups is 1. The molecule has 166 valence electrons. The molecule has 1 heterocycles. The van der Waals surface area contributed by atoms with E-state index >= 15 is 0 Å². The summed E-state index contributed by atoms with van der Waals surface area (Å²) in [6, 6.07) is 2.97. The maximum atomic E-state index is 14.2. The first-order valence-electron chi connectivity index (χ1n) is 10.6. The molecule has 0 amide bonds. The fraction of sp³-hybridized carbons (Fsp3) is 0.591. The Hall–Kier alpha value is -2.32. The number of allylic oxidation sites excluding steroid dienone is 1. The summed E-state index contributed by atoms with van der Waals surface area (Å²) in [5.41, 5.74) is 13.8. The Kier molecular flexibility index (Phi) is 7.20. The molecule has 1 saturated carbocycles. The highest BCUT2D eigenvalue weighted by Crippen LogP contribution is 2.41. The van der Waals surface area contributed by atoms with Crippen LogP contribution in [-0.4, -0.2) is 72.7 Å². The van der Waals surface area contributed by atoms with Crippen LogP contribution in [0.15, 0.2) is 28.9 Å². The van der Waals surface area contributed by atoms with Gasteiger partial charge in [-0.3, -0.25) is 9.89 Å². The minimum absolute atomic E-state index is 0.222. The second-order valence-corrected chi connectivity index (χ2v) is 8.42. The lowest BCUT2D eigenvalue weighted by Gasteiger charge is -2.35. The van der Waals surface area contributed by atoms with Crippen LogP contribution in [0.1, 0.15) is 31.7 Å². The van der Waals surface area contributed by atoms with Crippen molar-refractivity contribution in [1.82, 2.24) is 9.80 Å². The molecule has 0 unspecified atom stereocenters. The van der Waals surface area contributed by atoms with E-state index in [9.17, 15) is 4.39 Å². The second kappa shape index (κ2) is 9.66. The van der Waals surface area contributed by atoms with Gasteiger partial charge in [-0.2, -0.15) is 0 Å². The Morgan fingerprint density at radius 1 is 1.30 bits per heavy atom. The van der Waals surface area contributed by atoms with Crippen LogP contribution in [-0.2, 0) is 6.42 Å². The lowest BCUT2D eigenvalue weighted by atomic mass is 10.1. The summed E-state index contributed by atoms with van der Waals surface area (Å²) >= 11 is 0. The Labute approximate surface area is 178 Å². The van der Waals surface area contributed by atoms with E-state index in [4.69, 9.17) is 21.3 Å². The van der Waals surface area contributed by atoms with Gasteiger partial charge in [0.05, 0.1) is 0 Å². The molecule has 0 atom stereocenters. The molecule has 2 fully saturated rings. The van der Waals surface area contributed by atoms with Gasteiger partial charge < -0.3 is 26.2 Å². The van der Waals surface area contributed by atoms with E-state index in [0.29, 0.717) is 17.8 Å². The number of amidine groups is 1. The number of nitrogen functional groups attached to an aromatic ring is 1. The zero-order chi connectivity index (χ0) is 21.7. The van der Waals surface area contributed by atoms with Crippen molar-refractivity contribution < 1.29 is 14.2 Å². The molecular formula is C22H34FN5O2. The molecule has 3 rings (SSSR count). The molecule has 1 aromatic carbocycles. The fourth-order valence-electron chi connectivity index (χ4n) is 3.61. The first-order valence-corrected chi connectivity index (χ1v) is 10.6. The molecule has 1 aromatic rings. The van der Waals surface area contributed by atoms with Gasteiger partial charge in [0.25, 0.3) is 0 Å². The summed E-state index contributed by atoms with van der Waals surface area (Å²) in [5.74, 6) is 0.620. The van der Waals surface area contributed by atoms with Crippen LogP contribution in [0.3, 0.4) is 0 Å². The van der Waals surface area contributed by atoms with E-state index in [1.54, 1.807) is 13.1 Å². The van der Waals surface area contributed by atoms with Gasteiger partial charge in [0.15, 0.2) is 11.6 Å². The maximum Gasteiger partial charge on any atom is 0.167 e. The van der Waals surface area contributed by atoms with Crippen molar-refractivity contribution in [2.75, 3.05) is 52.1 Å². The number of piperazine rings is 1. The Morgan fingerprint density at radius 2 is 2.00 bits per heavy atom. The number of rotatable bonds is 8. The average molecular weight is 420 g/mol. The maximum absolute atomic E-state index is 14.2. The van der Waals surface area contributed by atoms with E-state index in [1.807, 2.05) is 13.0 Å². The van der Waals surface area contributed by atoms with Crippen LogP contribution >= 0.6 is 0 Å². The molecule has 2 aliphatic rings. The number of halogens is 1. The monoisotopic (exact) mass is 419 g/mol. The highest BCUT2D eigenvalue weighted by Gasteiger charge is 2.40. The predicted molar refractivity (Wildman–Crippen MR) is 118 cm³/mol. The second-order valence-electron chi connectivity index (χ2n) is 8.42. The van der Waals surface area contributed by atoms with Crippen molar-refractivity contribution in [3.05, 3.63) is 35.3 Å². The average Bonchev–Trinajstić information content (AvgIpc) is 3.45. The van der Waals surface area contributed by atoms with Crippen molar-refractivity contribution in [2.45, 2.75) is 38.2 Å². The molecule has 5 N–H and O–H groups in total. The topological polar surface area (TPSA) is 100 Å². The van der Waals surface area contributed by atoms with Gasteiger partial charge in [-0.25, -0.2) is 4.39 Å². The molecule has 1 aliphatic carbocycles. The van der Waals surface area contributed by atoms with E-state index in [0.717, 1.165) is 63.4 Å². The van der Waals surface area contributed by atoms with Crippen LogP contribution in [0.5, 0.6) is 5.75 Å². The summed E-state index contributed by atoms with van der Waals surface area (Å²) in [6.45, 7) is 6.68. The predicted octanol–water partition coefficient (Wildman–Crippen LogP) is 1.75. The van der Waals surface area contributed by atoms with Crippen LogP contribution in [0, 0.1) is 5.82 Å². The zero-order valence-electron chi connectivity index (χ0n) is 18.0. The first kappa shape index (κ1) is 22.4. The number of anilines is 1. The van der Waals surface area contributed by atoms with Gasteiger partial charge in [0.2, 0.25) is 0 Å². The highest BCUT2D eigenvalue weighted by molar-refractivity contribution is 5.93. The summed E-state index contributed by atoms with van der Waals surface area (Å²) < 4.78 is 20.1. The standard InChI is InChI=1S/C22H34FN5O2/c1-22(4-5-22)30-20-13-16(19(25)15-18(20)23)12-17(24)14-21(26-2)28-9-7-27(8-10-28)6-3-11-29/h13-15,29H,3-12,24-25H2,1-2H3. The molecule has 0 radical (unpaired) electrons. The minimum Gasteiger partial charge on any atom is -0.484 e.